The van der Waals surface area contributed by atoms with Crippen molar-refractivity contribution in [2.24, 2.45) is 0 Å². The lowest BCUT2D eigenvalue weighted by atomic mass is 10.0. The molecule has 0 fully saturated rings. The van der Waals surface area contributed by atoms with Crippen LogP contribution in [0.2, 0.25) is 5.02 Å². The van der Waals surface area contributed by atoms with Crippen molar-refractivity contribution in [1.29, 1.82) is 0 Å². The molecule has 25 heavy (non-hydrogen) atoms. The van der Waals surface area contributed by atoms with Crippen molar-refractivity contribution in [1.82, 2.24) is 10.2 Å². The summed E-state index contributed by atoms with van der Waals surface area (Å²) in [5.41, 5.74) is 3.15. The molecule has 1 amide bonds. The van der Waals surface area contributed by atoms with E-state index in [9.17, 15) is 4.79 Å². The third-order valence-electron chi connectivity index (χ3n) is 4.02. The first-order chi connectivity index (χ1) is 12.2. The summed E-state index contributed by atoms with van der Waals surface area (Å²) in [6, 6.07) is 12.6. The molecule has 6 nitrogen and oxygen atoms in total. The van der Waals surface area contributed by atoms with Gasteiger partial charge in [-0.25, -0.2) is 0 Å². The number of halogens is 1. The Labute approximate surface area is 148 Å². The highest BCUT2D eigenvalue weighted by Gasteiger charge is 2.26. The summed E-state index contributed by atoms with van der Waals surface area (Å²) in [5, 5.41) is 10.4. The van der Waals surface area contributed by atoms with Crippen molar-refractivity contribution in [3.8, 4) is 22.8 Å². The van der Waals surface area contributed by atoms with E-state index < -0.39 is 0 Å². The van der Waals surface area contributed by atoms with Gasteiger partial charge in [0.15, 0.2) is 0 Å². The summed E-state index contributed by atoms with van der Waals surface area (Å²) in [4.78, 5) is 12.7. The highest BCUT2D eigenvalue weighted by molar-refractivity contribution is 6.31. The van der Waals surface area contributed by atoms with Crippen LogP contribution in [0.15, 0.2) is 42.5 Å². The number of benzene rings is 2. The van der Waals surface area contributed by atoms with Gasteiger partial charge in [-0.3, -0.25) is 9.89 Å². The number of aromatic amines is 1. The summed E-state index contributed by atoms with van der Waals surface area (Å²) in [6.45, 7) is 0.276. The zero-order valence-corrected chi connectivity index (χ0v) is 14.1. The lowest BCUT2D eigenvalue weighted by Gasteiger charge is -2.17. The van der Waals surface area contributed by atoms with Crippen LogP contribution in [0.3, 0.4) is 0 Å². The van der Waals surface area contributed by atoms with E-state index in [4.69, 9.17) is 21.1 Å². The van der Waals surface area contributed by atoms with Gasteiger partial charge in [0.2, 0.25) is 0 Å². The number of carbonyl (C=O) groups is 1. The van der Waals surface area contributed by atoms with E-state index in [1.807, 2.05) is 24.3 Å². The lowest BCUT2D eigenvalue weighted by molar-refractivity contribution is 0.101. The van der Waals surface area contributed by atoms with E-state index in [1.165, 1.54) is 7.11 Å². The molecule has 3 aromatic rings. The number of hydrogen-bond donors (Lipinski definition) is 2. The molecule has 2 aromatic carbocycles. The second kappa shape index (κ2) is 6.14. The number of hydrogen-bond acceptors (Lipinski definition) is 4. The number of methoxy groups -OCH3 is 1. The molecule has 0 aliphatic carbocycles. The summed E-state index contributed by atoms with van der Waals surface area (Å²) in [7, 11) is 1.53. The zero-order valence-electron chi connectivity index (χ0n) is 13.3. The second-order valence-electron chi connectivity index (χ2n) is 5.51. The van der Waals surface area contributed by atoms with Gasteiger partial charge in [0, 0.05) is 16.1 Å². The smallest absolute Gasteiger partial charge is 0.274 e. The maximum atomic E-state index is 12.7. The van der Waals surface area contributed by atoms with Crippen LogP contribution in [0.1, 0.15) is 16.1 Å². The molecule has 0 unspecified atom stereocenters. The predicted octanol–water partition coefficient (Wildman–Crippen LogP) is 3.88. The SMILES string of the molecule is COc1ccc(Cl)cc1NC(=O)c1[nH]nc2c1COc1ccccc1-2. The quantitative estimate of drug-likeness (QED) is 0.747. The first-order valence-corrected chi connectivity index (χ1v) is 7.99. The third-order valence-corrected chi connectivity index (χ3v) is 4.25. The summed E-state index contributed by atoms with van der Waals surface area (Å²) in [5.74, 6) is 0.940. The average Bonchev–Trinajstić information content (AvgIpc) is 3.06. The molecule has 0 radical (unpaired) electrons. The van der Waals surface area contributed by atoms with E-state index in [-0.39, 0.29) is 12.5 Å². The minimum atomic E-state index is -0.336. The molecule has 2 heterocycles. The van der Waals surface area contributed by atoms with Crippen molar-refractivity contribution in [3.05, 3.63) is 58.7 Å². The third kappa shape index (κ3) is 2.70. The van der Waals surface area contributed by atoms with Crippen LogP contribution in [0.4, 0.5) is 5.69 Å². The van der Waals surface area contributed by atoms with Crippen LogP contribution in [-0.4, -0.2) is 23.2 Å². The molecule has 0 saturated heterocycles. The van der Waals surface area contributed by atoms with E-state index in [2.05, 4.69) is 15.5 Å². The van der Waals surface area contributed by atoms with Crippen molar-refractivity contribution in [3.63, 3.8) is 0 Å². The maximum Gasteiger partial charge on any atom is 0.274 e. The van der Waals surface area contributed by atoms with Gasteiger partial charge in [0.1, 0.15) is 29.5 Å². The lowest BCUT2D eigenvalue weighted by Crippen LogP contribution is -2.16. The van der Waals surface area contributed by atoms with Crippen LogP contribution >= 0.6 is 11.6 Å². The first kappa shape index (κ1) is 15.5. The number of nitrogens with zero attached hydrogens (tertiary/aromatic N) is 1. The maximum absolute atomic E-state index is 12.7. The number of rotatable bonds is 3. The molecule has 1 aliphatic heterocycles. The average molecular weight is 356 g/mol. The molecule has 4 rings (SSSR count). The summed E-state index contributed by atoms with van der Waals surface area (Å²) < 4.78 is 11.0. The molecule has 0 bridgehead atoms. The molecule has 1 aliphatic rings. The fourth-order valence-electron chi connectivity index (χ4n) is 2.82. The molecule has 2 N–H and O–H groups in total. The van der Waals surface area contributed by atoms with Crippen LogP contribution in [-0.2, 0) is 6.61 Å². The molecule has 0 spiro atoms. The zero-order chi connectivity index (χ0) is 17.4. The van der Waals surface area contributed by atoms with Crippen LogP contribution in [0.5, 0.6) is 11.5 Å². The summed E-state index contributed by atoms with van der Waals surface area (Å²) in [6.07, 6.45) is 0. The standard InChI is InChI=1S/C18H14ClN3O3/c1-24-15-7-6-10(19)8-13(15)20-18(23)17-12-9-25-14-5-3-2-4-11(14)16(12)21-22-17/h2-8H,9H2,1H3,(H,20,23)(H,21,22). The van der Waals surface area contributed by atoms with Crippen molar-refractivity contribution < 1.29 is 14.3 Å². The normalized spacial score (nSPS) is 11.9. The predicted molar refractivity (Wildman–Crippen MR) is 94.3 cm³/mol. The van der Waals surface area contributed by atoms with E-state index in [0.717, 1.165) is 22.6 Å². The minimum Gasteiger partial charge on any atom is -0.495 e. The number of H-pyrrole nitrogens is 1. The second-order valence-corrected chi connectivity index (χ2v) is 5.95. The van der Waals surface area contributed by atoms with Crippen molar-refractivity contribution in [2.45, 2.75) is 6.61 Å². The van der Waals surface area contributed by atoms with E-state index in [0.29, 0.717) is 22.2 Å². The topological polar surface area (TPSA) is 76.2 Å². The number of fused-ring (bicyclic) bond motifs is 3. The number of carbonyl (C=O) groups excluding carboxylic acids is 1. The molecule has 7 heteroatoms. The number of nitrogens with one attached hydrogen (secondary N) is 2. The van der Waals surface area contributed by atoms with Gasteiger partial charge in [-0.05, 0) is 30.3 Å². The van der Waals surface area contributed by atoms with Crippen LogP contribution in [0, 0.1) is 0 Å². The Kier molecular flexibility index (Phi) is 3.82. The first-order valence-electron chi connectivity index (χ1n) is 7.61. The van der Waals surface area contributed by atoms with E-state index in [1.54, 1.807) is 18.2 Å². The number of amides is 1. The molecule has 126 valence electrons. The van der Waals surface area contributed by atoms with Gasteiger partial charge in [0.05, 0.1) is 12.8 Å². The Morgan fingerprint density at radius 3 is 3.00 bits per heavy atom. The number of para-hydroxylation sites is 1. The highest BCUT2D eigenvalue weighted by atomic mass is 35.5. The van der Waals surface area contributed by atoms with Gasteiger partial charge in [-0.2, -0.15) is 5.10 Å². The molecule has 1 aromatic heterocycles. The van der Waals surface area contributed by atoms with Crippen molar-refractivity contribution >= 4 is 23.2 Å². The van der Waals surface area contributed by atoms with Crippen LogP contribution in [0.25, 0.3) is 11.3 Å². The Bertz CT molecular complexity index is 968. The molecule has 0 atom stereocenters. The minimum absolute atomic E-state index is 0.276. The Morgan fingerprint density at radius 1 is 1.32 bits per heavy atom. The molecule has 0 saturated carbocycles. The van der Waals surface area contributed by atoms with Gasteiger partial charge in [-0.15, -0.1) is 0 Å². The highest BCUT2D eigenvalue weighted by Crippen LogP contribution is 2.37. The van der Waals surface area contributed by atoms with Gasteiger partial charge in [-0.1, -0.05) is 23.7 Å². The van der Waals surface area contributed by atoms with Crippen molar-refractivity contribution in [2.75, 3.05) is 12.4 Å². The summed E-state index contributed by atoms with van der Waals surface area (Å²) >= 11 is 6.01. The van der Waals surface area contributed by atoms with Gasteiger partial charge in [0.25, 0.3) is 5.91 Å². The Balaban J connectivity index is 1.68. The van der Waals surface area contributed by atoms with Gasteiger partial charge < -0.3 is 14.8 Å². The Hall–Kier alpha value is -2.99. The Morgan fingerprint density at radius 2 is 2.16 bits per heavy atom. The van der Waals surface area contributed by atoms with Gasteiger partial charge >= 0.3 is 0 Å². The number of aromatic nitrogens is 2. The molecular weight excluding hydrogens is 342 g/mol. The van der Waals surface area contributed by atoms with E-state index >= 15 is 0 Å². The monoisotopic (exact) mass is 355 g/mol. The molecular formula is C18H14ClN3O3. The number of ether oxygens (including phenoxy) is 2. The van der Waals surface area contributed by atoms with Crippen LogP contribution < -0.4 is 14.8 Å². The largest absolute Gasteiger partial charge is 0.495 e. The fraction of sp³-hybridized carbons (Fsp3) is 0.111. The number of anilines is 1. The fourth-order valence-corrected chi connectivity index (χ4v) is 2.99.